The molecule has 32 nitrogen and oxygen atoms in total. The van der Waals surface area contributed by atoms with E-state index in [9.17, 15) is 24.3 Å². The van der Waals surface area contributed by atoms with Crippen molar-refractivity contribution in [3.05, 3.63) is 226 Å². The van der Waals surface area contributed by atoms with Crippen molar-refractivity contribution in [3.63, 3.8) is 0 Å². The standard InChI is InChI=1S/C19H16N6O2.C18H14N6O2.C11H9ClN4O2.C8H9BN2O2.C6H5Cl2N3O2.C5H4N.3C4H9.Sn/c1-11-9-22-14-7-6-12(10-25(11)14)15-16(13-5-3-4-8-21-13)24-18(20)17(23-15)19(26)27-2;1-10-8-21-13-6-5-11(9-24(10)13)14-15(12-4-2-3-7-20-12)23-17(19)16(22-14)18(25)26;1-18-11(17)8-10(13)16-7(9(12)15-8)6-4-2-3-5-14-6;1-6-4-10-8-3-2-7(9(12)13)5-11(6)8;1-13-6(12)2-5(9)11-4(8)3(7)10-2;1-2-4-6-5-3-1;3*1-3-4-2;/h3-10H,1-2H3,(H2,20,24);2-9H,1H3,(H2,19,23)(H,25,26);2-5H,1H3,(H2,13,16);2-5,12-13H,1H3;1H3,(H2,9,11);1-4H;3*1,3-4H2,2H3;. The summed E-state index contributed by atoms with van der Waals surface area (Å²) in [6.07, 6.45) is 25.9. The van der Waals surface area contributed by atoms with Gasteiger partial charge in [0.05, 0.1) is 38.4 Å². The third-order valence-corrected chi connectivity index (χ3v) is 33.9. The first-order valence-corrected chi connectivity index (χ1v) is 44.9. The van der Waals surface area contributed by atoms with E-state index in [1.807, 2.05) is 101 Å². The fourth-order valence-corrected chi connectivity index (χ4v) is 27.7. The summed E-state index contributed by atoms with van der Waals surface area (Å²) in [5.41, 5.74) is 33.2. The molecule has 37 heteroatoms. The molecule has 0 saturated carbocycles. The molecule has 11 N–H and O–H groups in total. The van der Waals surface area contributed by atoms with E-state index in [0.29, 0.717) is 56.6 Å². The number of nitrogens with two attached hydrogens (primary N) is 4. The number of rotatable bonds is 20. The van der Waals surface area contributed by atoms with Crippen molar-refractivity contribution in [3.8, 4) is 56.7 Å². The van der Waals surface area contributed by atoms with E-state index in [4.69, 9.17) is 77.5 Å². The molecule has 0 fully saturated rings. The van der Waals surface area contributed by atoms with E-state index in [0.717, 1.165) is 39.6 Å². The molecular formula is C79H84BCl3N22O10Sn. The average molecular weight is 1740 g/mol. The normalized spacial score (nSPS) is 10.8. The van der Waals surface area contributed by atoms with Crippen molar-refractivity contribution in [2.75, 3.05) is 44.3 Å². The number of unbranched alkanes of at least 4 members (excludes halogenated alkanes) is 3. The van der Waals surface area contributed by atoms with Crippen LogP contribution in [0.2, 0.25) is 28.8 Å². The number of nitrogens with zero attached hydrogens (tertiary/aromatic N) is 18. The van der Waals surface area contributed by atoms with Crippen molar-refractivity contribution >= 4 is 134 Å². The smallest absolute Gasteiger partial charge is 0.476 e. The quantitative estimate of drug-likeness (QED) is 0.0212. The summed E-state index contributed by atoms with van der Waals surface area (Å²) in [5.74, 6) is -3.59. The molecule has 0 radical (unpaired) electrons. The first-order chi connectivity index (χ1) is 55.8. The van der Waals surface area contributed by atoms with Gasteiger partial charge < -0.3 is 65.5 Å². The van der Waals surface area contributed by atoms with Gasteiger partial charge in [0.2, 0.25) is 0 Å². The summed E-state index contributed by atoms with van der Waals surface area (Å²) in [6.45, 7) is 12.8. The topological polar surface area (TPSA) is 467 Å². The van der Waals surface area contributed by atoms with Crippen LogP contribution in [0.1, 0.15) is 118 Å². The largest absolute Gasteiger partial charge is 0.489 e. The van der Waals surface area contributed by atoms with Crippen molar-refractivity contribution < 1.29 is 48.5 Å². The van der Waals surface area contributed by atoms with E-state index < -0.39 is 49.4 Å². The minimum atomic E-state index is -2.21. The minimum absolute atomic E-state index is 0.00820. The molecule has 14 aromatic rings. The molecule has 14 aromatic heterocycles. The number of ether oxygens (including phenoxy) is 3. The number of carbonyl (C=O) groups excluding carboxylic acids is 3. The Morgan fingerprint density at radius 2 is 0.767 bits per heavy atom. The number of hydrogen-bond donors (Lipinski definition) is 7. The van der Waals surface area contributed by atoms with Crippen LogP contribution in [0.4, 0.5) is 23.3 Å². The minimum Gasteiger partial charge on any atom is -0.476 e. The second-order valence-electron chi connectivity index (χ2n) is 25.7. The van der Waals surface area contributed by atoms with E-state index in [1.54, 1.807) is 89.6 Å². The van der Waals surface area contributed by atoms with Crippen LogP contribution in [-0.2, 0) is 14.2 Å². The van der Waals surface area contributed by atoms with Crippen LogP contribution < -0.4 is 32.1 Å². The number of aromatic carboxylic acids is 1. The van der Waals surface area contributed by atoms with Gasteiger partial charge in [0.15, 0.2) is 61.5 Å². The Balaban J connectivity index is 0.000000163. The molecule has 0 aromatic carbocycles. The Morgan fingerprint density at radius 1 is 0.414 bits per heavy atom. The average Bonchev–Trinajstić information content (AvgIpc) is 1.28. The summed E-state index contributed by atoms with van der Waals surface area (Å²) in [7, 11) is 2.28. The third kappa shape index (κ3) is 22.0. The Hall–Kier alpha value is -12.3. The zero-order valence-corrected chi connectivity index (χ0v) is 69.9. The predicted molar refractivity (Wildman–Crippen MR) is 448 cm³/mol. The molecule has 0 spiro atoms. The third-order valence-electron chi connectivity index (χ3n) is 17.8. The fraction of sp³-hybridized carbons (Fsp3) is 0.228. The Kier molecular flexibility index (Phi) is 31.5. The number of methoxy groups -OCH3 is 3. The maximum Gasteiger partial charge on any atom is 0.489 e. The molecule has 0 atom stereocenters. The number of carboxylic acid groups (broad SMARTS) is 1. The van der Waals surface area contributed by atoms with Gasteiger partial charge in [-0.15, -0.1) is 0 Å². The van der Waals surface area contributed by atoms with Gasteiger partial charge in [0.25, 0.3) is 0 Å². The summed E-state index contributed by atoms with van der Waals surface area (Å²) in [4.78, 5) is 109. The van der Waals surface area contributed by atoms with Crippen LogP contribution in [0.3, 0.4) is 0 Å². The molecule has 0 amide bonds. The van der Waals surface area contributed by atoms with Crippen molar-refractivity contribution in [1.29, 1.82) is 0 Å². The van der Waals surface area contributed by atoms with E-state index >= 15 is 0 Å². The van der Waals surface area contributed by atoms with Gasteiger partial charge in [0, 0.05) is 84.0 Å². The molecular weight excluding hydrogens is 1650 g/mol. The number of hydrogen-bond acceptors (Lipinski definition) is 28. The number of carboxylic acids is 1. The van der Waals surface area contributed by atoms with Gasteiger partial charge in [-0.25, -0.2) is 74.0 Å². The SMILES string of the molecule is CCC[CH2][Sn]([CH2]CCC)([CH2]CCC)[c]1ccccn1.COC(=O)c1nc(-c2ccc3ncc(C)n3c2)c(-c2ccccn2)nc1N.COC(=O)c1nc(Cl)c(-c2ccccn2)nc1N.COC(=O)c1nc(Cl)c(Cl)nc1N.Cc1cnc2ccc(-c3nc(C(=O)O)c(N)nc3-c3ccccn3)cn12.Cc1cnc2ccc(B(O)O)cn12. The molecule has 14 heterocycles. The number of imidazole rings is 3. The first-order valence-electron chi connectivity index (χ1n) is 36.3. The van der Waals surface area contributed by atoms with Gasteiger partial charge in [-0.05, 0) is 93.0 Å². The van der Waals surface area contributed by atoms with E-state index in [2.05, 4.69) is 118 Å². The van der Waals surface area contributed by atoms with Crippen molar-refractivity contribution in [2.24, 2.45) is 0 Å². The number of nitrogen functional groups attached to an aromatic ring is 4. The van der Waals surface area contributed by atoms with Crippen LogP contribution in [0.15, 0.2) is 171 Å². The van der Waals surface area contributed by atoms with Crippen LogP contribution in [0, 0.1) is 20.8 Å². The van der Waals surface area contributed by atoms with E-state index in [1.165, 1.54) is 73.2 Å². The van der Waals surface area contributed by atoms with E-state index in [-0.39, 0.29) is 61.5 Å². The fourth-order valence-electron chi connectivity index (χ4n) is 11.8. The molecule has 0 unspecified atom stereocenters. The second-order valence-corrected chi connectivity index (χ2v) is 39.9. The first kappa shape index (κ1) is 87.7. The van der Waals surface area contributed by atoms with Gasteiger partial charge in [-0.3, -0.25) is 15.0 Å². The number of esters is 3. The number of halogens is 3. The number of carbonyl (C=O) groups is 4. The molecule has 14 rings (SSSR count). The van der Waals surface area contributed by atoms with Crippen molar-refractivity contribution in [1.82, 2.24) is 88.0 Å². The van der Waals surface area contributed by atoms with Crippen LogP contribution in [0.25, 0.3) is 73.6 Å². The number of anilines is 4. The summed E-state index contributed by atoms with van der Waals surface area (Å²) in [5, 5.41) is 27.1. The van der Waals surface area contributed by atoms with Gasteiger partial charge in [-0.2, -0.15) is 0 Å². The molecule has 0 saturated heterocycles. The van der Waals surface area contributed by atoms with Crippen LogP contribution in [-0.4, -0.2) is 174 Å². The number of fused-ring (bicyclic) bond motifs is 3. The monoisotopic (exact) mass is 1740 g/mol. The number of pyridine rings is 7. The Labute approximate surface area is 686 Å². The Bertz CT molecular complexity index is 5710. The maximum atomic E-state index is 12.1. The summed E-state index contributed by atoms with van der Waals surface area (Å²) in [6, 6.07) is 33.5. The van der Waals surface area contributed by atoms with Gasteiger partial charge >= 0.3 is 155 Å². The zero-order chi connectivity index (χ0) is 83.8. The van der Waals surface area contributed by atoms with Gasteiger partial charge in [0.1, 0.15) is 45.4 Å². The van der Waals surface area contributed by atoms with Gasteiger partial charge in [-0.1, -0.05) is 59.1 Å². The molecule has 0 aliphatic carbocycles. The van der Waals surface area contributed by atoms with Crippen LogP contribution >= 0.6 is 34.8 Å². The zero-order valence-electron chi connectivity index (χ0n) is 64.8. The molecule has 598 valence electrons. The summed E-state index contributed by atoms with van der Waals surface area (Å²) < 4.78 is 25.4. The molecule has 0 bridgehead atoms. The number of aromatic nitrogens is 18. The predicted octanol–water partition coefficient (Wildman–Crippen LogP) is 12.1. The molecule has 0 aliphatic heterocycles. The Morgan fingerprint density at radius 3 is 1.16 bits per heavy atom. The molecule has 116 heavy (non-hydrogen) atoms. The molecule has 0 aliphatic rings. The maximum absolute atomic E-state index is 12.1. The second kappa shape index (κ2) is 41.7. The van der Waals surface area contributed by atoms with Crippen LogP contribution in [0.5, 0.6) is 0 Å². The van der Waals surface area contributed by atoms with Crippen molar-refractivity contribution in [2.45, 2.75) is 93.4 Å². The summed E-state index contributed by atoms with van der Waals surface area (Å²) >= 11 is 14.8. The number of aryl methyl sites for hydroxylation is 3.